The summed E-state index contributed by atoms with van der Waals surface area (Å²) in [7, 11) is 1.80. The first-order valence-electron chi connectivity index (χ1n) is 9.19. The number of ether oxygens (including phenoxy) is 1. The van der Waals surface area contributed by atoms with E-state index in [2.05, 4.69) is 16.0 Å². The molecule has 3 amide bonds. The summed E-state index contributed by atoms with van der Waals surface area (Å²) < 4.78 is 5.14. The molecule has 4 N–H and O–H groups in total. The second-order valence-corrected chi connectivity index (χ2v) is 6.92. The molecule has 0 saturated carbocycles. The molecule has 0 saturated heterocycles. The van der Waals surface area contributed by atoms with Crippen LogP contribution in [0, 0.1) is 0 Å². The van der Waals surface area contributed by atoms with Gasteiger partial charge in [-0.1, -0.05) is 30.7 Å². The lowest BCUT2D eigenvalue weighted by Gasteiger charge is -2.29. The molecule has 0 aromatic heterocycles. The van der Waals surface area contributed by atoms with Crippen molar-refractivity contribution in [2.24, 2.45) is 0 Å². The Morgan fingerprint density at radius 2 is 2.00 bits per heavy atom. The zero-order chi connectivity index (χ0) is 20.7. The van der Waals surface area contributed by atoms with Gasteiger partial charge in [0.2, 0.25) is 0 Å². The number of para-hydroxylation sites is 1. The quantitative estimate of drug-likeness (QED) is 0.475. The van der Waals surface area contributed by atoms with E-state index < -0.39 is 12.0 Å². The molecular weight excluding hydrogens is 384 g/mol. The number of esters is 1. The van der Waals surface area contributed by atoms with Gasteiger partial charge in [0, 0.05) is 0 Å². The van der Waals surface area contributed by atoms with Crippen LogP contribution in [-0.4, -0.2) is 50.7 Å². The number of hydrogen-bond donors (Lipinski definition) is 4. The van der Waals surface area contributed by atoms with Crippen molar-refractivity contribution in [2.45, 2.75) is 26.3 Å². The van der Waals surface area contributed by atoms with Crippen molar-refractivity contribution in [1.82, 2.24) is 10.6 Å². The van der Waals surface area contributed by atoms with Gasteiger partial charge in [-0.25, -0.2) is 9.59 Å². The number of carbonyl (C=O) groups is 3. The zero-order valence-corrected chi connectivity index (χ0v) is 17.0. The minimum Gasteiger partial charge on any atom is -0.463 e. The number of hydrogen-bond acceptors (Lipinski definition) is 4. The summed E-state index contributed by atoms with van der Waals surface area (Å²) in [5.41, 5.74) is 1.40. The maximum Gasteiger partial charge on any atom is 0.338 e. The summed E-state index contributed by atoms with van der Waals surface area (Å²) in [6.07, 6.45) is 0.553. The van der Waals surface area contributed by atoms with Crippen LogP contribution in [0.5, 0.6) is 0 Å². The molecule has 0 aliphatic carbocycles. The normalized spacial score (nSPS) is 17.4. The monoisotopic (exact) mass is 409 g/mol. The van der Waals surface area contributed by atoms with Crippen molar-refractivity contribution in [3.8, 4) is 0 Å². The van der Waals surface area contributed by atoms with Gasteiger partial charge < -0.3 is 25.6 Å². The van der Waals surface area contributed by atoms with Crippen LogP contribution in [0.25, 0.3) is 0 Å². The van der Waals surface area contributed by atoms with Crippen LogP contribution in [-0.2, 0) is 14.3 Å². The molecule has 1 heterocycles. The van der Waals surface area contributed by atoms with Gasteiger partial charge in [-0.3, -0.25) is 4.79 Å². The summed E-state index contributed by atoms with van der Waals surface area (Å²) in [6, 6.07) is 6.18. The summed E-state index contributed by atoms with van der Waals surface area (Å²) in [6.45, 7) is 4.26. The maximum absolute atomic E-state index is 12.4. The Hall–Kier alpha value is -2.58. The lowest BCUT2D eigenvalue weighted by atomic mass is 10.00. The molecule has 1 aromatic rings. The number of anilines is 1. The average molecular weight is 410 g/mol. The van der Waals surface area contributed by atoms with Gasteiger partial charge in [0.1, 0.15) is 6.54 Å². The van der Waals surface area contributed by atoms with E-state index in [-0.39, 0.29) is 31.6 Å². The largest absolute Gasteiger partial charge is 0.463 e. The van der Waals surface area contributed by atoms with Crippen LogP contribution in [0.2, 0.25) is 5.02 Å². The molecule has 8 nitrogen and oxygen atoms in total. The minimum atomic E-state index is -0.467. The Balaban J connectivity index is 2.10. The average Bonchev–Trinajstić information content (AvgIpc) is 2.63. The van der Waals surface area contributed by atoms with E-state index in [0.717, 1.165) is 4.90 Å². The van der Waals surface area contributed by atoms with E-state index >= 15 is 0 Å². The SMILES string of the molecule is CCOC(=O)C1=C(C[NH+](C)CC(=O)Nc2ccccc2Cl)NC(=O)N[C@H]1CC. The highest BCUT2D eigenvalue weighted by atomic mass is 35.5. The number of nitrogens with one attached hydrogen (secondary N) is 4. The summed E-state index contributed by atoms with van der Waals surface area (Å²) in [5.74, 6) is -0.693. The molecule has 0 fully saturated rings. The van der Waals surface area contributed by atoms with Crippen LogP contribution < -0.4 is 20.9 Å². The van der Waals surface area contributed by atoms with Crippen molar-refractivity contribution < 1.29 is 24.0 Å². The molecule has 9 heteroatoms. The smallest absolute Gasteiger partial charge is 0.338 e. The predicted octanol–water partition coefficient (Wildman–Crippen LogP) is 0.702. The standard InChI is InChI=1S/C19H25ClN4O4/c1-4-13-17(18(26)28-5-2)15(23-19(27)22-13)10-24(3)11-16(25)21-14-9-7-6-8-12(14)20/h6-9,13H,4-5,10-11H2,1-3H3,(H,21,25)(H2,22,23,27)/p+1/t13-/m0/s1. The Morgan fingerprint density at radius 1 is 1.29 bits per heavy atom. The van der Waals surface area contributed by atoms with E-state index in [9.17, 15) is 14.4 Å². The number of halogens is 1. The fourth-order valence-corrected chi connectivity index (χ4v) is 3.18. The topological polar surface area (TPSA) is 101 Å². The molecular formula is C19H26ClN4O4+. The van der Waals surface area contributed by atoms with Crippen molar-refractivity contribution in [3.63, 3.8) is 0 Å². The van der Waals surface area contributed by atoms with Gasteiger partial charge in [0.05, 0.1) is 41.7 Å². The predicted molar refractivity (Wildman–Crippen MR) is 106 cm³/mol. The Kier molecular flexibility index (Phi) is 7.83. The molecule has 1 aromatic carbocycles. The number of carbonyl (C=O) groups excluding carboxylic acids is 3. The molecule has 2 atom stereocenters. The third-order valence-electron chi connectivity index (χ3n) is 4.24. The van der Waals surface area contributed by atoms with Crippen LogP contribution in [0.3, 0.4) is 0 Å². The first kappa shape index (κ1) is 21.7. The highest BCUT2D eigenvalue weighted by Crippen LogP contribution is 2.20. The van der Waals surface area contributed by atoms with E-state index in [1.807, 2.05) is 6.92 Å². The van der Waals surface area contributed by atoms with Crippen LogP contribution in [0.15, 0.2) is 35.5 Å². The van der Waals surface area contributed by atoms with Gasteiger partial charge in [-0.05, 0) is 25.5 Å². The summed E-state index contributed by atoms with van der Waals surface area (Å²) in [5, 5.41) is 8.63. The molecule has 0 radical (unpaired) electrons. The molecule has 2 rings (SSSR count). The fraction of sp³-hybridized carbons (Fsp3) is 0.421. The van der Waals surface area contributed by atoms with Crippen molar-refractivity contribution >= 4 is 35.2 Å². The maximum atomic E-state index is 12.4. The Labute approximate surface area is 169 Å². The Morgan fingerprint density at radius 3 is 2.64 bits per heavy atom. The van der Waals surface area contributed by atoms with Gasteiger partial charge in [0.25, 0.3) is 5.91 Å². The molecule has 0 bridgehead atoms. The number of urea groups is 1. The Bertz CT molecular complexity index is 781. The molecule has 0 spiro atoms. The highest BCUT2D eigenvalue weighted by Gasteiger charge is 2.33. The molecule has 152 valence electrons. The van der Waals surface area contributed by atoms with Crippen LogP contribution in [0.1, 0.15) is 20.3 Å². The molecule has 1 aliphatic rings. The van der Waals surface area contributed by atoms with E-state index in [1.54, 1.807) is 38.2 Å². The van der Waals surface area contributed by atoms with Gasteiger partial charge >= 0.3 is 12.0 Å². The number of benzene rings is 1. The third kappa shape index (κ3) is 5.71. The van der Waals surface area contributed by atoms with Gasteiger partial charge in [-0.15, -0.1) is 0 Å². The van der Waals surface area contributed by atoms with Gasteiger partial charge in [0.15, 0.2) is 6.54 Å². The number of amides is 3. The van der Waals surface area contributed by atoms with Crippen LogP contribution in [0.4, 0.5) is 10.5 Å². The first-order chi connectivity index (χ1) is 13.3. The minimum absolute atomic E-state index is 0.130. The van der Waals surface area contributed by atoms with Crippen molar-refractivity contribution in [3.05, 3.63) is 40.6 Å². The van der Waals surface area contributed by atoms with E-state index in [0.29, 0.717) is 28.4 Å². The lowest BCUT2D eigenvalue weighted by molar-refractivity contribution is -0.866. The van der Waals surface area contributed by atoms with Crippen molar-refractivity contribution in [2.75, 3.05) is 32.1 Å². The zero-order valence-electron chi connectivity index (χ0n) is 16.2. The highest BCUT2D eigenvalue weighted by molar-refractivity contribution is 6.33. The number of quaternary nitrogens is 1. The second-order valence-electron chi connectivity index (χ2n) is 6.51. The van der Waals surface area contributed by atoms with Crippen molar-refractivity contribution in [1.29, 1.82) is 0 Å². The van der Waals surface area contributed by atoms with Crippen LogP contribution >= 0.6 is 11.6 Å². The fourth-order valence-electron chi connectivity index (χ4n) is 3.00. The molecule has 28 heavy (non-hydrogen) atoms. The van der Waals surface area contributed by atoms with Gasteiger partial charge in [-0.2, -0.15) is 0 Å². The first-order valence-corrected chi connectivity index (χ1v) is 9.56. The molecule has 1 unspecified atom stereocenters. The number of likely N-dealkylation sites (N-methyl/N-ethyl adjacent to an activating group) is 1. The van der Waals surface area contributed by atoms with E-state index in [4.69, 9.17) is 16.3 Å². The van der Waals surface area contributed by atoms with E-state index in [1.165, 1.54) is 0 Å². The lowest BCUT2D eigenvalue weighted by Crippen LogP contribution is -3.10. The summed E-state index contributed by atoms with van der Waals surface area (Å²) >= 11 is 6.06. The number of rotatable bonds is 8. The third-order valence-corrected chi connectivity index (χ3v) is 4.57. The second kappa shape index (κ2) is 10.1. The molecule has 1 aliphatic heterocycles. The summed E-state index contributed by atoms with van der Waals surface area (Å²) in [4.78, 5) is 37.4.